The monoisotopic (exact) mass is 303 g/mol. The maximum Gasteiger partial charge on any atom is 0.335 e. The van der Waals surface area contributed by atoms with E-state index in [1.807, 2.05) is 13.8 Å². The molecule has 0 saturated carbocycles. The molecule has 0 aliphatic heterocycles. The van der Waals surface area contributed by atoms with Gasteiger partial charge in [0.15, 0.2) is 0 Å². The average Bonchev–Trinajstić information content (AvgIpc) is 2.38. The van der Waals surface area contributed by atoms with Crippen LogP contribution in [0.5, 0.6) is 0 Å². The molecule has 0 aliphatic carbocycles. The quantitative estimate of drug-likeness (QED) is 0.845. The van der Waals surface area contributed by atoms with Gasteiger partial charge in [-0.25, -0.2) is 22.3 Å². The molecule has 0 spiro atoms. The predicted molar refractivity (Wildman–Crippen MR) is 72.7 cm³/mol. The van der Waals surface area contributed by atoms with Crippen LogP contribution in [0.3, 0.4) is 0 Å². The summed E-state index contributed by atoms with van der Waals surface area (Å²) in [4.78, 5) is 10.2. The van der Waals surface area contributed by atoms with Crippen LogP contribution in [0.2, 0.25) is 0 Å². The first-order chi connectivity index (χ1) is 9.15. The number of carboxylic acids is 1. The van der Waals surface area contributed by atoms with Crippen LogP contribution in [0.1, 0.15) is 44.0 Å². The number of nitrogens with one attached hydrogen (secondary N) is 1. The van der Waals surface area contributed by atoms with Gasteiger partial charge in [-0.05, 0) is 38.0 Å². The van der Waals surface area contributed by atoms with Crippen LogP contribution in [0, 0.1) is 5.82 Å². The van der Waals surface area contributed by atoms with Gasteiger partial charge < -0.3 is 5.11 Å². The summed E-state index contributed by atoms with van der Waals surface area (Å²) in [5.74, 6) is -2.28. The molecule has 5 nitrogen and oxygen atoms in total. The fourth-order valence-electron chi connectivity index (χ4n) is 1.62. The zero-order valence-corrected chi connectivity index (χ0v) is 12.4. The molecule has 0 bridgehead atoms. The first-order valence-corrected chi connectivity index (χ1v) is 7.70. The van der Waals surface area contributed by atoms with Crippen molar-refractivity contribution in [1.82, 2.24) is 4.72 Å². The zero-order chi connectivity index (χ0) is 15.6. The Hall–Kier alpha value is -1.47. The number of sulfonamides is 1. The molecular weight excluding hydrogens is 285 g/mol. The highest BCUT2D eigenvalue weighted by Gasteiger charge is 2.29. The predicted octanol–water partition coefficient (Wildman–Crippen LogP) is 2.38. The number of aromatic carboxylic acids is 1. The Labute approximate surface area is 117 Å². The molecule has 1 aromatic carbocycles. The fraction of sp³-hybridized carbons (Fsp3) is 0.462. The van der Waals surface area contributed by atoms with Gasteiger partial charge in [0.1, 0.15) is 10.7 Å². The van der Waals surface area contributed by atoms with E-state index in [1.165, 1.54) is 0 Å². The van der Waals surface area contributed by atoms with Crippen molar-refractivity contribution in [2.75, 3.05) is 0 Å². The topological polar surface area (TPSA) is 83.5 Å². The minimum Gasteiger partial charge on any atom is -0.478 e. The Balaban J connectivity index is 3.28. The van der Waals surface area contributed by atoms with Crippen molar-refractivity contribution in [3.05, 3.63) is 29.6 Å². The van der Waals surface area contributed by atoms with Gasteiger partial charge in [0.25, 0.3) is 0 Å². The summed E-state index contributed by atoms with van der Waals surface area (Å²) >= 11 is 0. The van der Waals surface area contributed by atoms with Gasteiger partial charge in [0.2, 0.25) is 10.0 Å². The van der Waals surface area contributed by atoms with E-state index in [2.05, 4.69) is 4.72 Å². The van der Waals surface area contributed by atoms with Crippen molar-refractivity contribution in [2.24, 2.45) is 0 Å². The Kier molecular flexibility index (Phi) is 4.88. The Bertz CT molecular complexity index is 609. The first-order valence-electron chi connectivity index (χ1n) is 6.22. The number of carbonyl (C=O) groups is 1. The van der Waals surface area contributed by atoms with Crippen molar-refractivity contribution in [2.45, 2.75) is 44.0 Å². The van der Waals surface area contributed by atoms with Gasteiger partial charge in [-0.15, -0.1) is 0 Å². The van der Waals surface area contributed by atoms with E-state index in [-0.39, 0.29) is 5.56 Å². The van der Waals surface area contributed by atoms with E-state index in [9.17, 15) is 17.6 Å². The third-order valence-corrected chi connectivity index (χ3v) is 5.06. The maximum atomic E-state index is 13.7. The third kappa shape index (κ3) is 3.55. The summed E-state index contributed by atoms with van der Waals surface area (Å²) in [6.45, 7) is 5.34. The third-order valence-electron chi connectivity index (χ3n) is 3.41. The molecule has 0 aromatic heterocycles. The molecule has 0 radical (unpaired) electrons. The second-order valence-electron chi connectivity index (χ2n) is 4.82. The summed E-state index contributed by atoms with van der Waals surface area (Å²) in [7, 11) is -4.12. The molecule has 0 heterocycles. The molecule has 0 amide bonds. The number of hydrogen-bond donors (Lipinski definition) is 2. The molecular formula is C13H18FNO4S. The van der Waals surface area contributed by atoms with Crippen LogP contribution in [-0.4, -0.2) is 25.0 Å². The van der Waals surface area contributed by atoms with Crippen molar-refractivity contribution in [1.29, 1.82) is 0 Å². The van der Waals surface area contributed by atoms with Gasteiger partial charge >= 0.3 is 5.97 Å². The van der Waals surface area contributed by atoms with Gasteiger partial charge in [-0.3, -0.25) is 0 Å². The molecule has 112 valence electrons. The van der Waals surface area contributed by atoms with Gasteiger partial charge in [-0.2, -0.15) is 0 Å². The highest BCUT2D eigenvalue weighted by molar-refractivity contribution is 7.89. The Morgan fingerprint density at radius 2 is 1.90 bits per heavy atom. The lowest BCUT2D eigenvalue weighted by molar-refractivity contribution is 0.0696. The molecule has 0 unspecified atom stereocenters. The standard InChI is InChI=1S/C13H18FNO4S/c1-4-13(3,5-2)15-20(18,19)11-8-9(12(16)17)6-7-10(11)14/h6-8,15H,4-5H2,1-3H3,(H,16,17). The molecule has 1 aromatic rings. The molecule has 0 atom stereocenters. The highest BCUT2D eigenvalue weighted by Crippen LogP contribution is 2.21. The fourth-order valence-corrected chi connectivity index (χ4v) is 3.27. The van der Waals surface area contributed by atoms with Crippen molar-refractivity contribution >= 4 is 16.0 Å². The summed E-state index contributed by atoms with van der Waals surface area (Å²) in [5, 5.41) is 8.85. The molecule has 0 saturated heterocycles. The van der Waals surface area contributed by atoms with E-state index >= 15 is 0 Å². The van der Waals surface area contributed by atoms with Gasteiger partial charge in [0.05, 0.1) is 5.56 Å². The Morgan fingerprint density at radius 1 is 1.35 bits per heavy atom. The maximum absolute atomic E-state index is 13.7. The van der Waals surface area contributed by atoms with Crippen LogP contribution in [-0.2, 0) is 10.0 Å². The minimum absolute atomic E-state index is 0.276. The van der Waals surface area contributed by atoms with E-state index in [4.69, 9.17) is 5.11 Å². The van der Waals surface area contributed by atoms with Crippen LogP contribution in [0.25, 0.3) is 0 Å². The van der Waals surface area contributed by atoms with Crippen molar-refractivity contribution in [3.63, 3.8) is 0 Å². The molecule has 0 aliphatic rings. The number of benzene rings is 1. The molecule has 1 rings (SSSR count). The number of hydrogen-bond acceptors (Lipinski definition) is 3. The number of halogens is 1. The lowest BCUT2D eigenvalue weighted by Crippen LogP contribution is -2.45. The van der Waals surface area contributed by atoms with E-state index in [0.717, 1.165) is 18.2 Å². The van der Waals surface area contributed by atoms with Crippen molar-refractivity contribution < 1.29 is 22.7 Å². The minimum atomic E-state index is -4.12. The zero-order valence-electron chi connectivity index (χ0n) is 11.6. The average molecular weight is 303 g/mol. The van der Waals surface area contributed by atoms with Crippen molar-refractivity contribution in [3.8, 4) is 0 Å². The molecule has 20 heavy (non-hydrogen) atoms. The first kappa shape index (κ1) is 16.6. The second-order valence-corrected chi connectivity index (χ2v) is 6.47. The number of carboxylic acid groups (broad SMARTS) is 1. The van der Waals surface area contributed by atoms with Crippen LogP contribution >= 0.6 is 0 Å². The summed E-state index contributed by atoms with van der Waals surface area (Å²) < 4.78 is 40.6. The van der Waals surface area contributed by atoms with E-state index in [0.29, 0.717) is 12.8 Å². The van der Waals surface area contributed by atoms with E-state index in [1.54, 1.807) is 6.92 Å². The number of rotatable bonds is 6. The summed E-state index contributed by atoms with van der Waals surface area (Å²) in [6.07, 6.45) is 1.06. The van der Waals surface area contributed by atoms with Gasteiger partial charge in [0, 0.05) is 5.54 Å². The Morgan fingerprint density at radius 3 is 2.35 bits per heavy atom. The smallest absolute Gasteiger partial charge is 0.335 e. The highest BCUT2D eigenvalue weighted by atomic mass is 32.2. The molecule has 7 heteroatoms. The lowest BCUT2D eigenvalue weighted by atomic mass is 9.98. The normalized spacial score (nSPS) is 12.4. The van der Waals surface area contributed by atoms with Crippen LogP contribution < -0.4 is 4.72 Å². The van der Waals surface area contributed by atoms with Crippen LogP contribution in [0.15, 0.2) is 23.1 Å². The lowest BCUT2D eigenvalue weighted by Gasteiger charge is -2.27. The van der Waals surface area contributed by atoms with Crippen LogP contribution in [0.4, 0.5) is 4.39 Å². The SMILES string of the molecule is CCC(C)(CC)NS(=O)(=O)c1cc(C(=O)O)ccc1F. The van der Waals surface area contributed by atoms with E-state index < -0.39 is 32.2 Å². The molecule has 0 fully saturated rings. The molecule has 2 N–H and O–H groups in total. The second kappa shape index (κ2) is 5.88. The largest absolute Gasteiger partial charge is 0.478 e. The summed E-state index contributed by atoms with van der Waals surface area (Å²) in [5.41, 5.74) is -0.980. The summed E-state index contributed by atoms with van der Waals surface area (Å²) in [6, 6.07) is 2.69. The van der Waals surface area contributed by atoms with Gasteiger partial charge in [-0.1, -0.05) is 13.8 Å².